The normalized spacial score (nSPS) is 26.8. The van der Waals surface area contributed by atoms with Gasteiger partial charge in [0, 0.05) is 12.5 Å². The molecular formula is C12H19NO4. The Bertz CT molecular complexity index is 299. The molecule has 1 aliphatic heterocycles. The van der Waals surface area contributed by atoms with Crippen LogP contribution in [0.25, 0.3) is 0 Å². The summed E-state index contributed by atoms with van der Waals surface area (Å²) in [5.74, 6) is -0.748. The average Bonchev–Trinajstić information content (AvgIpc) is 2.39. The fraction of sp³-hybridized carbons (Fsp3) is 0.833. The van der Waals surface area contributed by atoms with Gasteiger partial charge in [-0.05, 0) is 12.8 Å². The fourth-order valence-corrected chi connectivity index (χ4v) is 2.61. The fourth-order valence-electron chi connectivity index (χ4n) is 2.61. The zero-order valence-electron chi connectivity index (χ0n) is 9.93. The first-order valence-electron chi connectivity index (χ1n) is 6.31. The number of carboxylic acid groups (broad SMARTS) is 1. The number of ether oxygens (including phenoxy) is 1. The molecule has 2 fully saturated rings. The molecule has 1 amide bonds. The van der Waals surface area contributed by atoms with E-state index in [0.29, 0.717) is 13.2 Å². The van der Waals surface area contributed by atoms with Gasteiger partial charge < -0.3 is 14.7 Å². The van der Waals surface area contributed by atoms with Crippen molar-refractivity contribution in [1.82, 2.24) is 4.90 Å². The van der Waals surface area contributed by atoms with E-state index >= 15 is 0 Å². The Kier molecular flexibility index (Phi) is 3.99. The van der Waals surface area contributed by atoms with Crippen LogP contribution in [-0.2, 0) is 14.3 Å². The molecule has 2 aliphatic rings. The Morgan fingerprint density at radius 3 is 2.53 bits per heavy atom. The number of rotatable bonds is 2. The number of hydrogen-bond donors (Lipinski definition) is 1. The maximum atomic E-state index is 12.2. The second-order valence-electron chi connectivity index (χ2n) is 4.82. The maximum absolute atomic E-state index is 12.2. The lowest BCUT2D eigenvalue weighted by Crippen LogP contribution is -2.50. The van der Waals surface area contributed by atoms with Gasteiger partial charge in [-0.3, -0.25) is 4.79 Å². The van der Waals surface area contributed by atoms with Gasteiger partial charge in [-0.15, -0.1) is 0 Å². The van der Waals surface area contributed by atoms with Crippen LogP contribution in [0.4, 0.5) is 0 Å². The molecule has 0 aromatic rings. The number of carboxylic acids is 1. The molecular weight excluding hydrogens is 222 g/mol. The molecule has 1 N–H and O–H groups in total. The molecule has 0 aromatic carbocycles. The molecule has 17 heavy (non-hydrogen) atoms. The minimum absolute atomic E-state index is 0.108. The van der Waals surface area contributed by atoms with E-state index in [2.05, 4.69) is 0 Å². The number of aliphatic carboxylic acids is 1. The van der Waals surface area contributed by atoms with Gasteiger partial charge in [-0.2, -0.15) is 0 Å². The van der Waals surface area contributed by atoms with Crippen molar-refractivity contribution in [3.63, 3.8) is 0 Å². The summed E-state index contributed by atoms with van der Waals surface area (Å²) in [6.07, 6.45) is 4.50. The van der Waals surface area contributed by atoms with Crippen LogP contribution in [-0.4, -0.2) is 47.7 Å². The predicted molar refractivity (Wildman–Crippen MR) is 60.5 cm³/mol. The molecule has 0 aromatic heterocycles. The molecule has 1 heterocycles. The molecule has 1 saturated heterocycles. The third-order valence-corrected chi connectivity index (χ3v) is 3.61. The van der Waals surface area contributed by atoms with Crippen LogP contribution in [0.5, 0.6) is 0 Å². The summed E-state index contributed by atoms with van der Waals surface area (Å²) in [4.78, 5) is 24.7. The third-order valence-electron chi connectivity index (χ3n) is 3.61. The van der Waals surface area contributed by atoms with Gasteiger partial charge in [0.15, 0.2) is 6.10 Å². The molecule has 1 aliphatic carbocycles. The molecule has 0 spiro atoms. The van der Waals surface area contributed by atoms with Crippen molar-refractivity contribution in [2.45, 2.75) is 38.2 Å². The van der Waals surface area contributed by atoms with Gasteiger partial charge in [0.2, 0.25) is 5.91 Å². The minimum Gasteiger partial charge on any atom is -0.479 e. The van der Waals surface area contributed by atoms with Crippen LogP contribution < -0.4 is 0 Å². The number of carbonyl (C=O) groups excluding carboxylic acids is 1. The Morgan fingerprint density at radius 1 is 1.18 bits per heavy atom. The van der Waals surface area contributed by atoms with Crippen molar-refractivity contribution in [2.75, 3.05) is 19.7 Å². The largest absolute Gasteiger partial charge is 0.479 e. The highest BCUT2D eigenvalue weighted by atomic mass is 16.5. The lowest BCUT2D eigenvalue weighted by atomic mass is 9.88. The van der Waals surface area contributed by atoms with Gasteiger partial charge in [-0.1, -0.05) is 19.3 Å². The molecule has 1 unspecified atom stereocenters. The highest BCUT2D eigenvalue weighted by Gasteiger charge is 2.32. The lowest BCUT2D eigenvalue weighted by Gasteiger charge is -2.34. The summed E-state index contributed by atoms with van der Waals surface area (Å²) >= 11 is 0. The van der Waals surface area contributed by atoms with Gasteiger partial charge in [0.05, 0.1) is 13.2 Å². The van der Waals surface area contributed by atoms with E-state index in [1.54, 1.807) is 4.90 Å². The molecule has 5 nitrogen and oxygen atoms in total. The predicted octanol–water partition coefficient (Wildman–Crippen LogP) is 0.879. The molecule has 5 heteroatoms. The Hall–Kier alpha value is -1.10. The average molecular weight is 241 g/mol. The minimum atomic E-state index is -0.980. The zero-order valence-corrected chi connectivity index (χ0v) is 9.93. The third kappa shape index (κ3) is 2.97. The van der Waals surface area contributed by atoms with E-state index in [0.717, 1.165) is 25.7 Å². The van der Waals surface area contributed by atoms with Gasteiger partial charge in [0.1, 0.15) is 0 Å². The van der Waals surface area contributed by atoms with Crippen molar-refractivity contribution < 1.29 is 19.4 Å². The highest BCUT2D eigenvalue weighted by molar-refractivity contribution is 5.80. The van der Waals surface area contributed by atoms with E-state index in [1.807, 2.05) is 0 Å². The first kappa shape index (κ1) is 12.4. The summed E-state index contributed by atoms with van der Waals surface area (Å²) in [5, 5.41) is 8.89. The standard InChI is InChI=1S/C12H19NO4/c14-11(9-4-2-1-3-5-9)13-6-7-17-10(8-13)12(15)16/h9-10H,1-8H2,(H,15,16). The van der Waals surface area contributed by atoms with E-state index in [1.165, 1.54) is 6.42 Å². The molecule has 0 radical (unpaired) electrons. The van der Waals surface area contributed by atoms with Crippen molar-refractivity contribution in [3.05, 3.63) is 0 Å². The molecule has 1 atom stereocenters. The summed E-state index contributed by atoms with van der Waals surface area (Å²) in [6, 6.07) is 0. The highest BCUT2D eigenvalue weighted by Crippen LogP contribution is 2.26. The number of morpholine rings is 1. The topological polar surface area (TPSA) is 66.8 Å². The van der Waals surface area contributed by atoms with Crippen LogP contribution in [0.1, 0.15) is 32.1 Å². The van der Waals surface area contributed by atoms with Crippen molar-refractivity contribution in [2.24, 2.45) is 5.92 Å². The summed E-state index contributed by atoms with van der Waals surface area (Å²) in [5.41, 5.74) is 0. The maximum Gasteiger partial charge on any atom is 0.334 e. The molecule has 2 rings (SSSR count). The van der Waals surface area contributed by atoms with E-state index in [4.69, 9.17) is 9.84 Å². The summed E-state index contributed by atoms with van der Waals surface area (Å²) in [6.45, 7) is 1.05. The first-order valence-corrected chi connectivity index (χ1v) is 6.31. The number of amides is 1. The number of carbonyl (C=O) groups is 2. The molecule has 1 saturated carbocycles. The van der Waals surface area contributed by atoms with E-state index in [9.17, 15) is 9.59 Å². The second-order valence-corrected chi connectivity index (χ2v) is 4.82. The van der Waals surface area contributed by atoms with Crippen molar-refractivity contribution in [3.8, 4) is 0 Å². The second kappa shape index (κ2) is 5.49. The van der Waals surface area contributed by atoms with Crippen LogP contribution >= 0.6 is 0 Å². The van der Waals surface area contributed by atoms with Gasteiger partial charge in [0.25, 0.3) is 0 Å². The van der Waals surface area contributed by atoms with Gasteiger partial charge >= 0.3 is 5.97 Å². The van der Waals surface area contributed by atoms with E-state index in [-0.39, 0.29) is 18.4 Å². The van der Waals surface area contributed by atoms with Crippen molar-refractivity contribution >= 4 is 11.9 Å². The summed E-state index contributed by atoms with van der Waals surface area (Å²) in [7, 11) is 0. The Morgan fingerprint density at radius 2 is 1.88 bits per heavy atom. The van der Waals surface area contributed by atoms with Gasteiger partial charge in [-0.25, -0.2) is 4.79 Å². The quantitative estimate of drug-likeness (QED) is 0.779. The number of hydrogen-bond acceptors (Lipinski definition) is 3. The van der Waals surface area contributed by atoms with Crippen molar-refractivity contribution in [1.29, 1.82) is 0 Å². The van der Waals surface area contributed by atoms with Crippen LogP contribution in [0.3, 0.4) is 0 Å². The Labute approximate surface area is 101 Å². The lowest BCUT2D eigenvalue weighted by molar-refractivity contribution is -0.160. The van der Waals surface area contributed by atoms with Crippen LogP contribution in [0.15, 0.2) is 0 Å². The molecule has 96 valence electrons. The number of nitrogens with zero attached hydrogens (tertiary/aromatic N) is 1. The monoisotopic (exact) mass is 241 g/mol. The van der Waals surface area contributed by atoms with E-state index < -0.39 is 12.1 Å². The molecule has 0 bridgehead atoms. The van der Waals surface area contributed by atoms with Crippen LogP contribution in [0, 0.1) is 5.92 Å². The Balaban J connectivity index is 1.91. The first-order chi connectivity index (χ1) is 8.18. The smallest absolute Gasteiger partial charge is 0.334 e. The summed E-state index contributed by atoms with van der Waals surface area (Å²) < 4.78 is 5.11. The zero-order chi connectivity index (χ0) is 12.3. The van der Waals surface area contributed by atoms with Crippen LogP contribution in [0.2, 0.25) is 0 Å². The SMILES string of the molecule is O=C(O)C1CN(C(=O)C2CCCCC2)CCO1.